The lowest BCUT2D eigenvalue weighted by molar-refractivity contribution is 0.102. The standard InChI is InChI=1S/C18H16N6O/c1-12-7-13(2)24(22-12)18-19-9-15(10-20-18)21-17(25)14-8-16-5-3-4-6-23(16)11-14/h3-11H,1-2H3,(H,21,25). The first-order chi connectivity index (χ1) is 12.1. The maximum atomic E-state index is 12.4. The Hall–Kier alpha value is -3.48. The number of hydrogen-bond donors (Lipinski definition) is 1. The first-order valence-corrected chi connectivity index (χ1v) is 7.84. The Bertz CT molecular complexity index is 1030. The highest BCUT2D eigenvalue weighted by Crippen LogP contribution is 2.13. The van der Waals surface area contributed by atoms with Gasteiger partial charge in [0.25, 0.3) is 11.9 Å². The Labute approximate surface area is 144 Å². The first-order valence-electron chi connectivity index (χ1n) is 7.84. The van der Waals surface area contributed by atoms with Crippen molar-refractivity contribution in [1.29, 1.82) is 0 Å². The molecule has 124 valence electrons. The average Bonchev–Trinajstić information content (AvgIpc) is 3.18. The van der Waals surface area contributed by atoms with Gasteiger partial charge in [0.2, 0.25) is 0 Å². The largest absolute Gasteiger partial charge is 0.323 e. The molecule has 0 saturated carbocycles. The van der Waals surface area contributed by atoms with E-state index in [1.54, 1.807) is 23.3 Å². The summed E-state index contributed by atoms with van der Waals surface area (Å²) in [6, 6.07) is 9.59. The lowest BCUT2D eigenvalue weighted by atomic mass is 10.3. The van der Waals surface area contributed by atoms with E-state index < -0.39 is 0 Å². The number of carbonyl (C=O) groups excluding carboxylic acids is 1. The van der Waals surface area contributed by atoms with Gasteiger partial charge >= 0.3 is 0 Å². The lowest BCUT2D eigenvalue weighted by Gasteiger charge is -2.05. The fraction of sp³-hybridized carbons (Fsp3) is 0.111. The highest BCUT2D eigenvalue weighted by Gasteiger charge is 2.11. The number of nitrogens with one attached hydrogen (secondary N) is 1. The normalized spacial score (nSPS) is 11.0. The molecule has 25 heavy (non-hydrogen) atoms. The van der Waals surface area contributed by atoms with Gasteiger partial charge in [-0.15, -0.1) is 0 Å². The number of aromatic nitrogens is 5. The molecule has 4 rings (SSSR count). The number of fused-ring (bicyclic) bond motifs is 1. The van der Waals surface area contributed by atoms with E-state index in [1.807, 2.05) is 54.8 Å². The molecule has 0 saturated heterocycles. The minimum absolute atomic E-state index is 0.203. The van der Waals surface area contributed by atoms with E-state index in [2.05, 4.69) is 20.4 Å². The minimum Gasteiger partial charge on any atom is -0.323 e. The van der Waals surface area contributed by atoms with Gasteiger partial charge in [-0.05, 0) is 38.1 Å². The molecule has 7 nitrogen and oxygen atoms in total. The van der Waals surface area contributed by atoms with Crippen molar-refractivity contribution in [3.63, 3.8) is 0 Å². The fourth-order valence-corrected chi connectivity index (χ4v) is 2.71. The van der Waals surface area contributed by atoms with Crippen molar-refractivity contribution in [1.82, 2.24) is 24.1 Å². The van der Waals surface area contributed by atoms with Crippen LogP contribution in [0.1, 0.15) is 21.7 Å². The van der Waals surface area contributed by atoms with Gasteiger partial charge in [-0.2, -0.15) is 5.10 Å². The highest BCUT2D eigenvalue weighted by molar-refractivity contribution is 6.04. The van der Waals surface area contributed by atoms with Gasteiger partial charge in [-0.3, -0.25) is 4.79 Å². The van der Waals surface area contributed by atoms with Crippen molar-refractivity contribution in [2.45, 2.75) is 13.8 Å². The van der Waals surface area contributed by atoms with E-state index in [-0.39, 0.29) is 5.91 Å². The number of aryl methyl sites for hydroxylation is 2. The zero-order chi connectivity index (χ0) is 17.4. The molecule has 7 heteroatoms. The molecule has 0 aromatic carbocycles. The Balaban J connectivity index is 1.54. The predicted octanol–water partition coefficient (Wildman–Crippen LogP) is 2.78. The molecule has 1 N–H and O–H groups in total. The van der Waals surface area contributed by atoms with E-state index in [1.165, 1.54) is 0 Å². The van der Waals surface area contributed by atoms with Crippen molar-refractivity contribution in [3.05, 3.63) is 72.1 Å². The summed E-state index contributed by atoms with van der Waals surface area (Å²) in [5.74, 6) is 0.268. The highest BCUT2D eigenvalue weighted by atomic mass is 16.1. The van der Waals surface area contributed by atoms with Crippen LogP contribution in [0.3, 0.4) is 0 Å². The molecule has 0 radical (unpaired) electrons. The molecule has 4 aromatic rings. The molecule has 0 aliphatic carbocycles. The molecule has 4 aromatic heterocycles. The maximum absolute atomic E-state index is 12.4. The van der Waals surface area contributed by atoms with E-state index in [0.29, 0.717) is 17.2 Å². The van der Waals surface area contributed by atoms with E-state index in [9.17, 15) is 4.79 Å². The third kappa shape index (κ3) is 2.87. The number of hydrogen-bond acceptors (Lipinski definition) is 4. The van der Waals surface area contributed by atoms with Crippen molar-refractivity contribution in [3.8, 4) is 5.95 Å². The maximum Gasteiger partial charge on any atom is 0.257 e. The second kappa shape index (κ2) is 5.86. The third-order valence-electron chi connectivity index (χ3n) is 3.86. The zero-order valence-electron chi connectivity index (χ0n) is 13.8. The number of nitrogens with zero attached hydrogens (tertiary/aromatic N) is 5. The van der Waals surface area contributed by atoms with Crippen LogP contribution in [0.25, 0.3) is 11.5 Å². The Kier molecular flexibility index (Phi) is 3.53. The van der Waals surface area contributed by atoms with Crippen LogP contribution in [0, 0.1) is 13.8 Å². The summed E-state index contributed by atoms with van der Waals surface area (Å²) < 4.78 is 3.57. The van der Waals surface area contributed by atoms with Gasteiger partial charge in [0.15, 0.2) is 0 Å². The molecule has 0 bridgehead atoms. The van der Waals surface area contributed by atoms with Gasteiger partial charge in [-0.25, -0.2) is 14.6 Å². The lowest BCUT2D eigenvalue weighted by Crippen LogP contribution is -2.12. The quantitative estimate of drug-likeness (QED) is 0.626. The Morgan fingerprint density at radius 3 is 2.60 bits per heavy atom. The summed E-state index contributed by atoms with van der Waals surface area (Å²) in [6.45, 7) is 3.86. The van der Waals surface area contributed by atoms with Crippen LogP contribution in [0.15, 0.2) is 55.1 Å². The van der Waals surface area contributed by atoms with Gasteiger partial charge in [0.1, 0.15) is 0 Å². The van der Waals surface area contributed by atoms with Gasteiger partial charge in [0.05, 0.1) is 29.3 Å². The Morgan fingerprint density at radius 1 is 1.12 bits per heavy atom. The first kappa shape index (κ1) is 15.1. The third-order valence-corrected chi connectivity index (χ3v) is 3.86. The molecule has 0 aliphatic heterocycles. The van der Waals surface area contributed by atoms with Crippen LogP contribution in [0.2, 0.25) is 0 Å². The van der Waals surface area contributed by atoms with Gasteiger partial charge in [-0.1, -0.05) is 6.07 Å². The molecule has 0 aliphatic rings. The van der Waals surface area contributed by atoms with Crippen molar-refractivity contribution < 1.29 is 4.79 Å². The molecule has 0 unspecified atom stereocenters. The summed E-state index contributed by atoms with van der Waals surface area (Å²) in [6.07, 6.45) is 6.84. The van der Waals surface area contributed by atoms with Crippen molar-refractivity contribution >= 4 is 17.1 Å². The zero-order valence-corrected chi connectivity index (χ0v) is 13.8. The van der Waals surface area contributed by atoms with E-state index in [0.717, 1.165) is 16.9 Å². The molecule has 4 heterocycles. The summed E-state index contributed by atoms with van der Waals surface area (Å²) in [4.78, 5) is 21.0. The summed E-state index contributed by atoms with van der Waals surface area (Å²) in [5.41, 5.74) is 3.93. The number of pyridine rings is 1. The van der Waals surface area contributed by atoms with Crippen LogP contribution in [-0.4, -0.2) is 30.1 Å². The number of rotatable bonds is 3. The second-order valence-corrected chi connectivity index (χ2v) is 5.83. The van der Waals surface area contributed by atoms with Crippen LogP contribution < -0.4 is 5.32 Å². The molecular weight excluding hydrogens is 316 g/mol. The SMILES string of the molecule is Cc1cc(C)n(-c2ncc(NC(=O)c3cc4ccccn4c3)cn2)n1. The topological polar surface area (TPSA) is 77.1 Å². The van der Waals surface area contributed by atoms with E-state index >= 15 is 0 Å². The van der Waals surface area contributed by atoms with Crippen LogP contribution in [0.5, 0.6) is 0 Å². The Morgan fingerprint density at radius 2 is 1.92 bits per heavy atom. The van der Waals surface area contributed by atoms with E-state index in [4.69, 9.17) is 0 Å². The van der Waals surface area contributed by atoms with Gasteiger partial charge in [0, 0.05) is 23.6 Å². The monoisotopic (exact) mass is 332 g/mol. The molecule has 1 amide bonds. The molecule has 0 spiro atoms. The second-order valence-electron chi connectivity index (χ2n) is 5.83. The fourth-order valence-electron chi connectivity index (χ4n) is 2.71. The molecular formula is C18H16N6O. The molecule has 0 atom stereocenters. The van der Waals surface area contributed by atoms with Crippen molar-refractivity contribution in [2.24, 2.45) is 0 Å². The summed E-state index contributed by atoms with van der Waals surface area (Å²) in [5, 5.41) is 7.16. The average molecular weight is 332 g/mol. The van der Waals surface area contributed by atoms with Crippen LogP contribution in [0.4, 0.5) is 5.69 Å². The van der Waals surface area contributed by atoms with Crippen LogP contribution >= 0.6 is 0 Å². The van der Waals surface area contributed by atoms with Crippen molar-refractivity contribution in [2.75, 3.05) is 5.32 Å². The smallest absolute Gasteiger partial charge is 0.257 e. The van der Waals surface area contributed by atoms with Crippen LogP contribution in [-0.2, 0) is 0 Å². The number of anilines is 1. The number of amides is 1. The predicted molar refractivity (Wildman–Crippen MR) is 94.0 cm³/mol. The minimum atomic E-state index is -0.203. The molecule has 0 fully saturated rings. The number of carbonyl (C=O) groups is 1. The summed E-state index contributed by atoms with van der Waals surface area (Å²) in [7, 11) is 0. The van der Waals surface area contributed by atoms with Gasteiger partial charge < -0.3 is 9.72 Å². The summed E-state index contributed by atoms with van der Waals surface area (Å²) >= 11 is 0.